The highest BCUT2D eigenvalue weighted by Crippen LogP contribution is 2.34. The highest BCUT2D eigenvalue weighted by molar-refractivity contribution is 9.10. The van der Waals surface area contributed by atoms with E-state index in [1.165, 1.54) is 11.1 Å². The summed E-state index contributed by atoms with van der Waals surface area (Å²) >= 11 is 16.0. The van der Waals surface area contributed by atoms with Gasteiger partial charge in [-0.1, -0.05) is 57.3 Å². The fraction of sp³-hybridized carbons (Fsp3) is 0.333. The second kappa shape index (κ2) is 8.00. The summed E-state index contributed by atoms with van der Waals surface area (Å²) in [4.78, 5) is 2.52. The second-order valence-electron chi connectivity index (χ2n) is 5.77. The molecule has 0 aliphatic carbocycles. The van der Waals surface area contributed by atoms with Gasteiger partial charge < -0.3 is 5.32 Å². The molecule has 1 fully saturated rings. The minimum absolute atomic E-state index is 0.183. The van der Waals surface area contributed by atoms with Crippen LogP contribution < -0.4 is 5.32 Å². The van der Waals surface area contributed by atoms with Crippen molar-refractivity contribution in [1.82, 2.24) is 10.2 Å². The van der Waals surface area contributed by atoms with Crippen molar-refractivity contribution in [3.05, 3.63) is 68.1 Å². The molecule has 5 heteroatoms. The summed E-state index contributed by atoms with van der Waals surface area (Å²) < 4.78 is 1.09. The Morgan fingerprint density at radius 3 is 2.57 bits per heavy atom. The number of nitrogens with zero attached hydrogens (tertiary/aromatic N) is 1. The third-order valence-electron chi connectivity index (χ3n) is 4.16. The van der Waals surface area contributed by atoms with Crippen LogP contribution in [0, 0.1) is 0 Å². The number of hydrogen-bond acceptors (Lipinski definition) is 2. The molecule has 1 atom stereocenters. The molecule has 23 heavy (non-hydrogen) atoms. The lowest BCUT2D eigenvalue weighted by Crippen LogP contribution is -2.33. The zero-order chi connectivity index (χ0) is 16.2. The lowest BCUT2D eigenvalue weighted by atomic mass is 9.97. The molecule has 0 amide bonds. The lowest BCUT2D eigenvalue weighted by Gasteiger charge is -2.31. The van der Waals surface area contributed by atoms with Crippen molar-refractivity contribution in [3.8, 4) is 0 Å². The van der Waals surface area contributed by atoms with Crippen LogP contribution in [-0.2, 0) is 0 Å². The van der Waals surface area contributed by atoms with Gasteiger partial charge in [0.15, 0.2) is 0 Å². The average molecular weight is 414 g/mol. The van der Waals surface area contributed by atoms with Gasteiger partial charge in [0.25, 0.3) is 0 Å². The molecule has 1 aliphatic heterocycles. The van der Waals surface area contributed by atoms with Gasteiger partial charge in [-0.3, -0.25) is 4.90 Å². The number of nitrogens with one attached hydrogen (secondary N) is 1. The van der Waals surface area contributed by atoms with Crippen molar-refractivity contribution in [2.75, 3.05) is 26.2 Å². The molecule has 0 aromatic heterocycles. The predicted octanol–water partition coefficient (Wildman–Crippen LogP) is 5.14. The molecule has 1 heterocycles. The summed E-state index contributed by atoms with van der Waals surface area (Å²) in [6.07, 6.45) is 1.14. The van der Waals surface area contributed by atoms with Crippen LogP contribution in [0.1, 0.15) is 23.6 Å². The standard InChI is InChI=1S/C18H19BrCl2N2/c19-15-4-1-3-13(11-15)18(23-9-2-7-22-8-10-23)14-5-6-16(20)17(21)12-14/h1,3-6,11-12,18,22H,2,7-10H2. The molecule has 1 N–H and O–H groups in total. The minimum atomic E-state index is 0.183. The Bertz CT molecular complexity index is 670. The number of benzene rings is 2. The molecule has 3 rings (SSSR count). The summed E-state index contributed by atoms with van der Waals surface area (Å²) in [6.45, 7) is 4.15. The van der Waals surface area contributed by atoms with Crippen LogP contribution in [0.3, 0.4) is 0 Å². The lowest BCUT2D eigenvalue weighted by molar-refractivity contribution is 0.241. The van der Waals surface area contributed by atoms with E-state index in [2.05, 4.69) is 56.5 Å². The molecule has 122 valence electrons. The van der Waals surface area contributed by atoms with E-state index in [0.29, 0.717) is 10.0 Å². The first-order valence-corrected chi connectivity index (χ1v) is 9.35. The van der Waals surface area contributed by atoms with Crippen LogP contribution in [-0.4, -0.2) is 31.1 Å². The van der Waals surface area contributed by atoms with Gasteiger partial charge >= 0.3 is 0 Å². The Hall–Kier alpha value is -0.580. The Balaban J connectivity index is 2.03. The smallest absolute Gasteiger partial charge is 0.0603 e. The molecule has 0 radical (unpaired) electrons. The van der Waals surface area contributed by atoms with E-state index in [9.17, 15) is 0 Å². The molecular formula is C18H19BrCl2N2. The molecular weight excluding hydrogens is 395 g/mol. The molecule has 1 aliphatic rings. The zero-order valence-electron chi connectivity index (χ0n) is 12.7. The fourth-order valence-electron chi connectivity index (χ4n) is 3.10. The van der Waals surface area contributed by atoms with E-state index in [4.69, 9.17) is 23.2 Å². The van der Waals surface area contributed by atoms with Gasteiger partial charge in [0.1, 0.15) is 0 Å². The Kier molecular flexibility index (Phi) is 6.00. The quantitative estimate of drug-likeness (QED) is 0.749. The first-order valence-electron chi connectivity index (χ1n) is 7.80. The van der Waals surface area contributed by atoms with E-state index in [1.54, 1.807) is 0 Å². The first kappa shape index (κ1) is 17.2. The Morgan fingerprint density at radius 2 is 1.78 bits per heavy atom. The van der Waals surface area contributed by atoms with E-state index >= 15 is 0 Å². The predicted molar refractivity (Wildman–Crippen MR) is 102 cm³/mol. The zero-order valence-corrected chi connectivity index (χ0v) is 15.8. The van der Waals surface area contributed by atoms with Crippen molar-refractivity contribution >= 4 is 39.1 Å². The largest absolute Gasteiger partial charge is 0.315 e. The normalized spacial score (nSPS) is 17.7. The van der Waals surface area contributed by atoms with Crippen LogP contribution in [0.2, 0.25) is 10.0 Å². The van der Waals surface area contributed by atoms with Crippen LogP contribution in [0.15, 0.2) is 46.9 Å². The van der Waals surface area contributed by atoms with Gasteiger partial charge in [-0.25, -0.2) is 0 Å². The monoisotopic (exact) mass is 412 g/mol. The van der Waals surface area contributed by atoms with Crippen molar-refractivity contribution in [2.24, 2.45) is 0 Å². The molecule has 0 saturated carbocycles. The number of hydrogen-bond donors (Lipinski definition) is 1. The van der Waals surface area contributed by atoms with E-state index in [0.717, 1.165) is 37.1 Å². The second-order valence-corrected chi connectivity index (χ2v) is 7.50. The summed E-state index contributed by atoms with van der Waals surface area (Å²) in [6, 6.07) is 14.6. The first-order chi connectivity index (χ1) is 11.1. The minimum Gasteiger partial charge on any atom is -0.315 e. The van der Waals surface area contributed by atoms with Crippen LogP contribution in [0.4, 0.5) is 0 Å². The van der Waals surface area contributed by atoms with E-state index < -0.39 is 0 Å². The van der Waals surface area contributed by atoms with E-state index in [-0.39, 0.29) is 6.04 Å². The molecule has 2 aromatic rings. The van der Waals surface area contributed by atoms with Crippen molar-refractivity contribution in [1.29, 1.82) is 0 Å². The highest BCUT2D eigenvalue weighted by atomic mass is 79.9. The molecule has 1 unspecified atom stereocenters. The maximum Gasteiger partial charge on any atom is 0.0603 e. The summed E-state index contributed by atoms with van der Waals surface area (Å²) in [5, 5.41) is 4.68. The topological polar surface area (TPSA) is 15.3 Å². The third kappa shape index (κ3) is 4.28. The van der Waals surface area contributed by atoms with E-state index in [1.807, 2.05) is 12.1 Å². The van der Waals surface area contributed by atoms with Crippen molar-refractivity contribution in [2.45, 2.75) is 12.5 Å². The number of halogens is 3. The molecule has 0 bridgehead atoms. The van der Waals surface area contributed by atoms with Crippen LogP contribution >= 0.6 is 39.1 Å². The maximum absolute atomic E-state index is 6.28. The maximum atomic E-state index is 6.28. The fourth-order valence-corrected chi connectivity index (χ4v) is 3.82. The van der Waals surface area contributed by atoms with Gasteiger partial charge in [0.2, 0.25) is 0 Å². The van der Waals surface area contributed by atoms with Crippen molar-refractivity contribution < 1.29 is 0 Å². The summed E-state index contributed by atoms with van der Waals surface area (Å²) in [5.74, 6) is 0. The molecule has 0 spiro atoms. The van der Waals surface area contributed by atoms with Gasteiger partial charge in [0.05, 0.1) is 16.1 Å². The van der Waals surface area contributed by atoms with Gasteiger partial charge in [0, 0.05) is 24.1 Å². The average Bonchev–Trinajstić information content (AvgIpc) is 2.80. The van der Waals surface area contributed by atoms with Crippen LogP contribution in [0.25, 0.3) is 0 Å². The molecule has 2 aromatic carbocycles. The SMILES string of the molecule is Clc1ccc(C(c2cccc(Br)c2)N2CCCNCC2)cc1Cl. The third-order valence-corrected chi connectivity index (χ3v) is 5.40. The van der Waals surface area contributed by atoms with Crippen molar-refractivity contribution in [3.63, 3.8) is 0 Å². The number of rotatable bonds is 3. The van der Waals surface area contributed by atoms with Gasteiger partial charge in [-0.05, 0) is 48.4 Å². The Morgan fingerprint density at radius 1 is 0.957 bits per heavy atom. The summed E-state index contributed by atoms with van der Waals surface area (Å²) in [7, 11) is 0. The summed E-state index contributed by atoms with van der Waals surface area (Å²) in [5.41, 5.74) is 2.44. The highest BCUT2D eigenvalue weighted by Gasteiger charge is 2.24. The molecule has 2 nitrogen and oxygen atoms in total. The Labute approximate surface area is 155 Å². The van der Waals surface area contributed by atoms with Gasteiger partial charge in [-0.15, -0.1) is 0 Å². The van der Waals surface area contributed by atoms with Crippen LogP contribution in [0.5, 0.6) is 0 Å². The van der Waals surface area contributed by atoms with Gasteiger partial charge in [-0.2, -0.15) is 0 Å². The molecule has 1 saturated heterocycles.